The van der Waals surface area contributed by atoms with Gasteiger partial charge in [0, 0.05) is 41.7 Å². The third-order valence-electron chi connectivity index (χ3n) is 11.8. The number of halogens is 1. The van der Waals surface area contributed by atoms with Gasteiger partial charge in [-0.05, 0) is 116 Å². The van der Waals surface area contributed by atoms with Crippen molar-refractivity contribution < 1.29 is 44.1 Å². The number of phenolic OH excluding ortho intramolecular Hbond substituents is 2. The van der Waals surface area contributed by atoms with Crippen LogP contribution >= 0.6 is 11.6 Å². The summed E-state index contributed by atoms with van der Waals surface area (Å²) in [5.74, 6) is -4.78. The van der Waals surface area contributed by atoms with Crippen molar-refractivity contribution in [3.8, 4) is 33.8 Å². The number of fused-ring (bicyclic) bond motifs is 5. The maximum atomic E-state index is 14.6. The van der Waals surface area contributed by atoms with E-state index in [1.54, 1.807) is 36.4 Å². The first-order valence-electron chi connectivity index (χ1n) is 21.5. The van der Waals surface area contributed by atoms with Crippen molar-refractivity contribution in [1.29, 1.82) is 0 Å². The number of unbranched alkanes of at least 4 members (excludes halogenated alkanes) is 1. The molecule has 4 bridgehead atoms. The summed E-state index contributed by atoms with van der Waals surface area (Å²) >= 11 is 6.05. The number of nitrogens with zero attached hydrogens (tertiary/aromatic N) is 2. The highest BCUT2D eigenvalue weighted by molar-refractivity contribution is 6.30. The Bertz CT molecular complexity index is 2400. The molecule has 2 heterocycles. The molecule has 6 unspecified atom stereocenters. The summed E-state index contributed by atoms with van der Waals surface area (Å²) in [6.45, 7) is 1.80. The predicted octanol–water partition coefficient (Wildman–Crippen LogP) is 2.44. The van der Waals surface area contributed by atoms with E-state index in [1.807, 2.05) is 12.1 Å². The second kappa shape index (κ2) is 21.4. The number of nitrogens with two attached hydrogens (primary N) is 2. The lowest BCUT2D eigenvalue weighted by molar-refractivity contribution is -0.141. The number of amides is 6. The second-order valence-corrected chi connectivity index (χ2v) is 16.8. The Morgan fingerprint density at radius 2 is 1.52 bits per heavy atom. The van der Waals surface area contributed by atoms with Crippen molar-refractivity contribution in [3.63, 3.8) is 0 Å². The minimum atomic E-state index is -1.51. The molecule has 2 aliphatic rings. The first-order chi connectivity index (χ1) is 31.1. The Hall–Kier alpha value is -6.53. The fraction of sp³-hybridized carbons (Fsp3) is 0.362. The lowest BCUT2D eigenvalue weighted by Gasteiger charge is -2.32. The van der Waals surface area contributed by atoms with Crippen LogP contribution in [0.25, 0.3) is 22.3 Å². The number of benzene rings is 4. The summed E-state index contributed by atoms with van der Waals surface area (Å²) in [6, 6.07) is 16.9. The smallest absolute Gasteiger partial charge is 0.260 e. The van der Waals surface area contributed by atoms with Crippen molar-refractivity contribution in [1.82, 2.24) is 31.1 Å². The number of phenols is 2. The lowest BCUT2D eigenvalue weighted by Crippen LogP contribution is -2.60. The molecular weight excluding hydrogens is 856 g/mol. The van der Waals surface area contributed by atoms with Crippen molar-refractivity contribution in [2.75, 3.05) is 26.7 Å². The van der Waals surface area contributed by atoms with Gasteiger partial charge in [-0.3, -0.25) is 28.8 Å². The summed E-state index contributed by atoms with van der Waals surface area (Å²) in [6.07, 6.45) is 0.723. The molecule has 17 nitrogen and oxygen atoms in total. The van der Waals surface area contributed by atoms with Crippen LogP contribution in [0.5, 0.6) is 11.5 Å². The van der Waals surface area contributed by atoms with Crippen LogP contribution in [0.4, 0.5) is 0 Å². The molecule has 65 heavy (non-hydrogen) atoms. The van der Waals surface area contributed by atoms with Crippen LogP contribution in [-0.4, -0.2) is 118 Å². The highest BCUT2D eigenvalue weighted by Gasteiger charge is 2.37. The first-order valence-corrected chi connectivity index (χ1v) is 21.8. The number of aliphatic hydroxyl groups is 1. The maximum Gasteiger partial charge on any atom is 0.260 e. The molecule has 11 N–H and O–H groups in total. The Morgan fingerprint density at radius 1 is 0.877 bits per heavy atom. The number of carbonyl (C=O) groups is 6. The van der Waals surface area contributed by atoms with Gasteiger partial charge in [0.25, 0.3) is 11.8 Å². The Kier molecular flexibility index (Phi) is 15.8. The van der Waals surface area contributed by atoms with E-state index >= 15 is 0 Å². The van der Waals surface area contributed by atoms with Gasteiger partial charge in [0.2, 0.25) is 23.6 Å². The van der Waals surface area contributed by atoms with Crippen LogP contribution in [0.3, 0.4) is 0 Å². The zero-order chi connectivity index (χ0) is 46.9. The highest BCUT2D eigenvalue weighted by Crippen LogP contribution is 2.39. The standard InChI is InChI=1S/C47H55ClN8O9/c1-26-42(60)53-37(44(62)54-41(50)47(65)56-21-5-6-33(56)25-57)23-27-8-18-38(58)34(22-27)35-24-31(15-19-39(35)59)40(45(63)51-26)55(2)46(64)36(7-3-4-20-49)52-43(61)30-11-9-28(10-12-30)29-13-16-32(48)17-14-29/h8-19,22,24,26,33,36-37,40-41,57-59H,3-7,20-21,23,25,49-50H2,1-2H3,(H,51,63)(H,52,61)(H,53,60)(H,54,62). The first kappa shape index (κ1) is 47.9. The lowest BCUT2D eigenvalue weighted by atomic mass is 9.93. The van der Waals surface area contributed by atoms with Gasteiger partial charge in [-0.2, -0.15) is 0 Å². The van der Waals surface area contributed by atoms with Crippen molar-refractivity contribution in [3.05, 3.63) is 107 Å². The molecule has 0 saturated carbocycles. The fourth-order valence-electron chi connectivity index (χ4n) is 8.15. The van der Waals surface area contributed by atoms with Crippen LogP contribution in [0, 0.1) is 0 Å². The fourth-order valence-corrected chi connectivity index (χ4v) is 8.27. The van der Waals surface area contributed by atoms with Crippen molar-refractivity contribution >= 4 is 47.0 Å². The van der Waals surface area contributed by atoms with E-state index in [9.17, 15) is 44.1 Å². The quantitative estimate of drug-likeness (QED) is 0.0695. The van der Waals surface area contributed by atoms with Gasteiger partial charge in [-0.15, -0.1) is 0 Å². The van der Waals surface area contributed by atoms with Gasteiger partial charge < -0.3 is 57.9 Å². The van der Waals surface area contributed by atoms with Crippen LogP contribution in [0.1, 0.15) is 66.6 Å². The summed E-state index contributed by atoms with van der Waals surface area (Å²) < 4.78 is 0. The summed E-state index contributed by atoms with van der Waals surface area (Å²) in [5, 5.41) is 43.2. The Labute approximate surface area is 381 Å². The van der Waals surface area contributed by atoms with E-state index in [-0.39, 0.29) is 53.2 Å². The van der Waals surface area contributed by atoms with E-state index in [0.717, 1.165) is 16.0 Å². The van der Waals surface area contributed by atoms with Gasteiger partial charge >= 0.3 is 0 Å². The monoisotopic (exact) mass is 910 g/mol. The third kappa shape index (κ3) is 11.4. The number of aliphatic hydroxyl groups excluding tert-OH is 1. The molecule has 1 fully saturated rings. The molecule has 0 aliphatic carbocycles. The van der Waals surface area contributed by atoms with Gasteiger partial charge in [-0.1, -0.05) is 48.0 Å². The van der Waals surface area contributed by atoms with Crippen LogP contribution in [0.15, 0.2) is 84.9 Å². The molecule has 0 spiro atoms. The third-order valence-corrected chi connectivity index (χ3v) is 12.1. The SMILES string of the molecule is CC1NC(=O)C(N(C)C(=O)C(CCCCN)NC(=O)c2ccc(-c3ccc(Cl)cc3)cc2)c2ccc(O)c(c2)-c2cc(ccc2O)CC(C(=O)NC(N)C(=O)N2CCCC2CO)NC1=O. The topological polar surface area (TPSA) is 270 Å². The number of likely N-dealkylation sites (tertiary alicyclic amines) is 1. The van der Waals surface area contributed by atoms with E-state index in [4.69, 9.17) is 23.1 Å². The van der Waals surface area contributed by atoms with E-state index in [0.29, 0.717) is 49.4 Å². The second-order valence-electron chi connectivity index (χ2n) is 16.4. The number of likely N-dealkylation sites (N-methyl/N-ethyl adjacent to an activating group) is 1. The zero-order valence-corrected chi connectivity index (χ0v) is 36.9. The number of hydrogen-bond acceptors (Lipinski definition) is 11. The number of nitrogens with one attached hydrogen (secondary N) is 4. The number of rotatable bonds is 13. The van der Waals surface area contributed by atoms with E-state index in [2.05, 4.69) is 21.3 Å². The Morgan fingerprint density at radius 3 is 2.18 bits per heavy atom. The molecule has 4 aromatic rings. The number of aromatic hydroxyl groups is 2. The molecule has 1 saturated heterocycles. The minimum absolute atomic E-state index is 0.0853. The molecule has 0 aromatic heterocycles. The molecule has 18 heteroatoms. The number of carbonyl (C=O) groups excluding carboxylic acids is 6. The van der Waals surface area contributed by atoms with Crippen molar-refractivity contribution in [2.24, 2.45) is 11.5 Å². The molecule has 2 aliphatic heterocycles. The average molecular weight is 911 g/mol. The Balaban J connectivity index is 1.30. The van der Waals surface area contributed by atoms with Crippen LogP contribution in [0.2, 0.25) is 5.02 Å². The van der Waals surface area contributed by atoms with Gasteiger partial charge in [-0.25, -0.2) is 0 Å². The van der Waals surface area contributed by atoms with Gasteiger partial charge in [0.1, 0.15) is 35.7 Å². The predicted molar refractivity (Wildman–Crippen MR) is 243 cm³/mol. The maximum absolute atomic E-state index is 14.6. The summed E-state index contributed by atoms with van der Waals surface area (Å²) in [4.78, 5) is 86.2. The molecule has 6 rings (SSSR count). The molecule has 0 radical (unpaired) electrons. The largest absolute Gasteiger partial charge is 0.507 e. The van der Waals surface area contributed by atoms with Crippen LogP contribution in [-0.2, 0) is 30.4 Å². The highest BCUT2D eigenvalue weighted by atomic mass is 35.5. The van der Waals surface area contributed by atoms with Crippen molar-refractivity contribution in [2.45, 2.75) is 81.8 Å². The van der Waals surface area contributed by atoms with E-state index < -0.39 is 71.8 Å². The molecule has 6 atom stereocenters. The molecule has 344 valence electrons. The van der Waals surface area contributed by atoms with Gasteiger partial charge in [0.15, 0.2) is 6.17 Å². The molecule has 4 aromatic carbocycles. The van der Waals surface area contributed by atoms with Gasteiger partial charge in [0.05, 0.1) is 12.6 Å². The average Bonchev–Trinajstić information content (AvgIpc) is 3.78. The zero-order valence-electron chi connectivity index (χ0n) is 36.1. The molecule has 6 amide bonds. The van der Waals surface area contributed by atoms with Crippen LogP contribution < -0.4 is 32.7 Å². The normalized spacial score (nSPS) is 19.5. The minimum Gasteiger partial charge on any atom is -0.507 e. The number of hydrogen-bond donors (Lipinski definition) is 9. The summed E-state index contributed by atoms with van der Waals surface area (Å²) in [7, 11) is 1.38. The van der Waals surface area contributed by atoms with E-state index in [1.165, 1.54) is 55.3 Å². The molecular formula is C47H55ClN8O9. The summed E-state index contributed by atoms with van der Waals surface area (Å²) in [5.41, 5.74) is 14.8.